The number of aromatic amines is 1. The van der Waals surface area contributed by atoms with Crippen molar-refractivity contribution in [2.75, 3.05) is 14.2 Å². The van der Waals surface area contributed by atoms with E-state index in [0.29, 0.717) is 17.1 Å². The van der Waals surface area contributed by atoms with E-state index in [-0.39, 0.29) is 17.9 Å². The quantitative estimate of drug-likeness (QED) is 0.687. The molecule has 2 aromatic carbocycles. The van der Waals surface area contributed by atoms with Crippen molar-refractivity contribution in [2.45, 2.75) is 13.0 Å². The molecule has 1 N–H and O–H groups in total. The van der Waals surface area contributed by atoms with E-state index in [1.165, 1.54) is 0 Å². The Bertz CT molecular complexity index is 1030. The summed E-state index contributed by atoms with van der Waals surface area (Å²) in [4.78, 5) is 29.1. The van der Waals surface area contributed by atoms with Crippen LogP contribution < -0.4 is 10.3 Å². The maximum atomic E-state index is 12.6. The lowest BCUT2D eigenvalue weighted by molar-refractivity contribution is -0.129. The number of carbonyl (C=O) groups excluding carboxylic acids is 1. The Hall–Kier alpha value is -3.05. The number of ether oxygens (including phenoxy) is 1. The van der Waals surface area contributed by atoms with Gasteiger partial charge in [0.25, 0.3) is 5.56 Å². The van der Waals surface area contributed by atoms with Crippen LogP contribution in [0.25, 0.3) is 11.1 Å². The third-order valence-electron chi connectivity index (χ3n) is 4.48. The number of likely N-dealkylation sites (N-methyl/N-ethyl adjacent to an activating group) is 1. The topological polar surface area (TPSA) is 62.4 Å². The first-order valence-corrected chi connectivity index (χ1v) is 9.18. The van der Waals surface area contributed by atoms with Gasteiger partial charge in [-0.2, -0.15) is 0 Å². The maximum absolute atomic E-state index is 12.6. The van der Waals surface area contributed by atoms with Gasteiger partial charge in [0, 0.05) is 30.4 Å². The minimum Gasteiger partial charge on any atom is -0.497 e. The Balaban J connectivity index is 1.75. The molecule has 0 saturated carbocycles. The van der Waals surface area contributed by atoms with Crippen molar-refractivity contribution in [3.05, 3.63) is 87.3 Å². The predicted octanol–water partition coefficient (Wildman–Crippen LogP) is 3.91. The third kappa shape index (κ3) is 4.81. The molecule has 1 aromatic heterocycles. The molecule has 0 fully saturated rings. The summed E-state index contributed by atoms with van der Waals surface area (Å²) >= 11 is 6.00. The Labute approximate surface area is 168 Å². The van der Waals surface area contributed by atoms with Gasteiger partial charge >= 0.3 is 0 Å². The van der Waals surface area contributed by atoms with Crippen molar-refractivity contribution in [2.24, 2.45) is 0 Å². The number of carbonyl (C=O) groups is 1. The number of hydrogen-bond donors (Lipinski definition) is 1. The van der Waals surface area contributed by atoms with Crippen molar-refractivity contribution in [1.82, 2.24) is 9.88 Å². The molecular weight excluding hydrogens is 376 g/mol. The highest BCUT2D eigenvalue weighted by atomic mass is 35.5. The molecule has 144 valence electrons. The minimum absolute atomic E-state index is 0.0242. The molecular formula is C22H21ClN2O3. The zero-order valence-electron chi connectivity index (χ0n) is 15.7. The van der Waals surface area contributed by atoms with E-state index >= 15 is 0 Å². The SMILES string of the molecule is COc1ccc(-c2c[nH]c(=O)c(CC(=O)N(C)Cc3cccc(Cl)c3)c2)cc1. The van der Waals surface area contributed by atoms with Gasteiger partial charge in [-0.1, -0.05) is 35.9 Å². The molecule has 1 heterocycles. The average molecular weight is 397 g/mol. The number of nitrogens with zero attached hydrogens (tertiary/aromatic N) is 1. The molecule has 0 unspecified atom stereocenters. The van der Waals surface area contributed by atoms with Crippen LogP contribution in [0.3, 0.4) is 0 Å². The number of aromatic nitrogens is 1. The van der Waals surface area contributed by atoms with Crippen molar-refractivity contribution < 1.29 is 9.53 Å². The highest BCUT2D eigenvalue weighted by Gasteiger charge is 2.14. The van der Waals surface area contributed by atoms with Crippen LogP contribution in [0.1, 0.15) is 11.1 Å². The van der Waals surface area contributed by atoms with Crippen LogP contribution in [0.4, 0.5) is 0 Å². The van der Waals surface area contributed by atoms with E-state index in [2.05, 4.69) is 4.98 Å². The van der Waals surface area contributed by atoms with Crippen LogP contribution in [0.15, 0.2) is 65.6 Å². The number of hydrogen-bond acceptors (Lipinski definition) is 3. The summed E-state index contributed by atoms with van der Waals surface area (Å²) in [7, 11) is 3.32. The van der Waals surface area contributed by atoms with Gasteiger partial charge in [0.1, 0.15) is 5.75 Å². The second-order valence-electron chi connectivity index (χ2n) is 6.53. The molecule has 0 radical (unpaired) electrons. The first kappa shape index (κ1) is 19.7. The number of rotatable bonds is 6. The highest BCUT2D eigenvalue weighted by molar-refractivity contribution is 6.30. The van der Waals surface area contributed by atoms with Crippen LogP contribution in [-0.2, 0) is 17.8 Å². The van der Waals surface area contributed by atoms with E-state index in [0.717, 1.165) is 22.4 Å². The van der Waals surface area contributed by atoms with Crippen molar-refractivity contribution in [3.63, 3.8) is 0 Å². The average Bonchev–Trinajstić information content (AvgIpc) is 2.69. The second-order valence-corrected chi connectivity index (χ2v) is 6.96. The smallest absolute Gasteiger partial charge is 0.251 e. The van der Waals surface area contributed by atoms with Gasteiger partial charge in [-0.3, -0.25) is 9.59 Å². The number of halogens is 1. The molecule has 1 amide bonds. The highest BCUT2D eigenvalue weighted by Crippen LogP contribution is 2.22. The fourth-order valence-electron chi connectivity index (χ4n) is 2.91. The lowest BCUT2D eigenvalue weighted by Gasteiger charge is -2.17. The number of pyridine rings is 1. The van der Waals surface area contributed by atoms with Crippen LogP contribution in [0.2, 0.25) is 5.02 Å². The van der Waals surface area contributed by atoms with Gasteiger partial charge in [0.15, 0.2) is 0 Å². The van der Waals surface area contributed by atoms with Gasteiger partial charge in [-0.05, 0) is 47.0 Å². The Morgan fingerprint density at radius 2 is 1.86 bits per heavy atom. The molecule has 0 saturated heterocycles. The van der Waals surface area contributed by atoms with E-state index in [1.54, 1.807) is 37.4 Å². The lowest BCUT2D eigenvalue weighted by atomic mass is 10.0. The molecule has 0 atom stereocenters. The van der Waals surface area contributed by atoms with Gasteiger partial charge in [0.2, 0.25) is 5.91 Å². The van der Waals surface area contributed by atoms with Crippen molar-refractivity contribution >= 4 is 17.5 Å². The van der Waals surface area contributed by atoms with Crippen molar-refractivity contribution in [3.8, 4) is 16.9 Å². The molecule has 28 heavy (non-hydrogen) atoms. The summed E-state index contributed by atoms with van der Waals surface area (Å²) in [5.41, 5.74) is 2.86. The first-order valence-electron chi connectivity index (χ1n) is 8.80. The molecule has 0 aliphatic carbocycles. The molecule has 5 nitrogen and oxygen atoms in total. The van der Waals surface area contributed by atoms with E-state index in [1.807, 2.05) is 42.5 Å². The van der Waals surface area contributed by atoms with Crippen LogP contribution >= 0.6 is 11.6 Å². The Morgan fingerprint density at radius 1 is 1.11 bits per heavy atom. The standard InChI is InChI=1S/C22H21ClN2O3/c1-25(14-15-4-3-5-19(23)10-15)21(26)12-17-11-18(13-24-22(17)27)16-6-8-20(28-2)9-7-16/h3-11,13H,12,14H2,1-2H3,(H,24,27). The second kappa shape index (κ2) is 8.76. The zero-order chi connectivity index (χ0) is 20.1. The number of amides is 1. The van der Waals surface area contributed by atoms with Gasteiger partial charge in [-0.15, -0.1) is 0 Å². The summed E-state index contributed by atoms with van der Waals surface area (Å²) in [6, 6.07) is 16.6. The zero-order valence-corrected chi connectivity index (χ0v) is 16.5. The largest absolute Gasteiger partial charge is 0.497 e. The lowest BCUT2D eigenvalue weighted by Crippen LogP contribution is -2.29. The first-order chi connectivity index (χ1) is 13.5. The number of nitrogens with one attached hydrogen (secondary N) is 1. The van der Waals surface area contributed by atoms with Crippen molar-refractivity contribution in [1.29, 1.82) is 0 Å². The third-order valence-corrected chi connectivity index (χ3v) is 4.71. The Morgan fingerprint density at radius 3 is 2.54 bits per heavy atom. The molecule has 6 heteroatoms. The molecule has 3 aromatic rings. The Kier molecular flexibility index (Phi) is 6.16. The monoisotopic (exact) mass is 396 g/mol. The molecule has 3 rings (SSSR count). The summed E-state index contributed by atoms with van der Waals surface area (Å²) in [5.74, 6) is 0.614. The van der Waals surface area contributed by atoms with E-state index in [9.17, 15) is 9.59 Å². The maximum Gasteiger partial charge on any atom is 0.251 e. The van der Waals surface area contributed by atoms with Gasteiger partial charge in [0.05, 0.1) is 13.5 Å². The fourth-order valence-corrected chi connectivity index (χ4v) is 3.12. The summed E-state index contributed by atoms with van der Waals surface area (Å²) < 4.78 is 5.17. The molecule has 0 bridgehead atoms. The van der Waals surface area contributed by atoms with Gasteiger partial charge in [-0.25, -0.2) is 0 Å². The van der Waals surface area contributed by atoms with E-state index in [4.69, 9.17) is 16.3 Å². The summed E-state index contributed by atoms with van der Waals surface area (Å²) in [6.45, 7) is 0.426. The van der Waals surface area contributed by atoms with Crippen LogP contribution in [0.5, 0.6) is 5.75 Å². The molecule has 0 spiro atoms. The van der Waals surface area contributed by atoms with E-state index < -0.39 is 0 Å². The predicted molar refractivity (Wildman–Crippen MR) is 111 cm³/mol. The molecule has 0 aliphatic heterocycles. The summed E-state index contributed by atoms with van der Waals surface area (Å²) in [6.07, 6.45) is 1.67. The number of benzene rings is 2. The summed E-state index contributed by atoms with van der Waals surface area (Å²) in [5, 5.41) is 0.627. The minimum atomic E-state index is -0.262. The normalized spacial score (nSPS) is 10.5. The van der Waals surface area contributed by atoms with Gasteiger partial charge < -0.3 is 14.6 Å². The van der Waals surface area contributed by atoms with Crippen LogP contribution in [-0.4, -0.2) is 29.9 Å². The molecule has 0 aliphatic rings. The number of methoxy groups -OCH3 is 1. The number of H-pyrrole nitrogens is 1. The van der Waals surface area contributed by atoms with Crippen LogP contribution in [0, 0.1) is 0 Å². The fraction of sp³-hybridized carbons (Fsp3) is 0.182.